The van der Waals surface area contributed by atoms with Crippen LogP contribution in [-0.4, -0.2) is 21.6 Å². The van der Waals surface area contributed by atoms with E-state index >= 15 is 0 Å². The highest BCUT2D eigenvalue weighted by atomic mass is 35.5. The first-order valence-corrected chi connectivity index (χ1v) is 7.19. The molecule has 1 aliphatic carbocycles. The molecule has 1 heterocycles. The molecule has 0 unspecified atom stereocenters. The quantitative estimate of drug-likeness (QED) is 0.673. The summed E-state index contributed by atoms with van der Waals surface area (Å²) in [4.78, 5) is 8.91. The molecule has 3 N–H and O–H groups in total. The lowest BCUT2D eigenvalue weighted by Crippen LogP contribution is -2.43. The van der Waals surface area contributed by atoms with E-state index in [-0.39, 0.29) is 0 Å². The Kier molecular flexibility index (Phi) is 3.53. The summed E-state index contributed by atoms with van der Waals surface area (Å²) in [6.07, 6.45) is 3.63. The molecule has 3 rings (SSSR count). The Balaban J connectivity index is 1.78. The van der Waals surface area contributed by atoms with Crippen molar-refractivity contribution in [3.63, 3.8) is 0 Å². The Morgan fingerprint density at radius 2 is 2.35 bits per heavy atom. The highest BCUT2D eigenvalue weighted by molar-refractivity contribution is 6.35. The smallest absolute Gasteiger partial charge is 0.189 e. The summed E-state index contributed by atoms with van der Waals surface area (Å²) in [5.74, 6) is 1.35. The molecule has 0 radical (unpaired) electrons. The number of nitrogens with zero attached hydrogens (tertiary/aromatic N) is 3. The normalized spacial score (nSPS) is 16.4. The molecule has 1 saturated carbocycles. The van der Waals surface area contributed by atoms with Crippen molar-refractivity contribution in [3.8, 4) is 0 Å². The molecule has 5 nitrogen and oxygen atoms in total. The zero-order valence-electron chi connectivity index (χ0n) is 11.4. The fourth-order valence-electron chi connectivity index (χ4n) is 2.37. The number of nitrogens with two attached hydrogens (primary N) is 1. The van der Waals surface area contributed by atoms with Crippen LogP contribution in [0, 0.1) is 0 Å². The molecule has 2 aromatic rings. The Morgan fingerprint density at radius 1 is 1.55 bits per heavy atom. The number of aliphatic imine (C=N–C) groups is 1. The number of fused-ring (bicyclic) bond motifs is 1. The van der Waals surface area contributed by atoms with Crippen LogP contribution >= 0.6 is 11.6 Å². The number of nitrogens with one attached hydrogen (secondary N) is 1. The molecule has 1 aromatic carbocycles. The predicted octanol–water partition coefficient (Wildman–Crippen LogP) is 2.18. The highest BCUT2D eigenvalue weighted by Crippen LogP contribution is 2.23. The number of imidazole rings is 1. The van der Waals surface area contributed by atoms with Crippen LogP contribution in [0.5, 0.6) is 0 Å². The SMILES string of the molecule is Cn1c(CN=C(N)NC2CCC2)nc2cccc(Cl)c21. The lowest BCUT2D eigenvalue weighted by Gasteiger charge is -2.26. The van der Waals surface area contributed by atoms with Crippen LogP contribution in [0.3, 0.4) is 0 Å². The molecule has 1 fully saturated rings. The van der Waals surface area contributed by atoms with Crippen molar-refractivity contribution >= 4 is 28.6 Å². The van der Waals surface area contributed by atoms with Crippen molar-refractivity contribution < 1.29 is 0 Å². The minimum atomic E-state index is 0.451. The molecule has 0 aliphatic heterocycles. The van der Waals surface area contributed by atoms with E-state index in [2.05, 4.69) is 15.3 Å². The number of hydrogen-bond donors (Lipinski definition) is 2. The van der Waals surface area contributed by atoms with Crippen LogP contribution in [0.2, 0.25) is 5.02 Å². The Labute approximate surface area is 122 Å². The van der Waals surface area contributed by atoms with Crippen molar-refractivity contribution in [3.05, 3.63) is 29.0 Å². The standard InChI is InChI=1S/C14H18ClN5/c1-20-12(8-17-14(16)18-9-4-2-5-9)19-11-7-3-6-10(15)13(11)20/h3,6-7,9H,2,4-5,8H2,1H3,(H3,16,17,18). The molecular formula is C14H18ClN5. The first kappa shape index (κ1) is 13.2. The van der Waals surface area contributed by atoms with E-state index in [9.17, 15) is 0 Å². The van der Waals surface area contributed by atoms with Gasteiger partial charge < -0.3 is 15.6 Å². The van der Waals surface area contributed by atoms with Gasteiger partial charge in [0.2, 0.25) is 0 Å². The third-order valence-electron chi connectivity index (χ3n) is 3.79. The monoisotopic (exact) mass is 291 g/mol. The van der Waals surface area contributed by atoms with Gasteiger partial charge in [-0.05, 0) is 31.4 Å². The van der Waals surface area contributed by atoms with Gasteiger partial charge in [0.05, 0.1) is 16.1 Å². The first-order valence-electron chi connectivity index (χ1n) is 6.81. The van der Waals surface area contributed by atoms with Gasteiger partial charge in [0.1, 0.15) is 12.4 Å². The van der Waals surface area contributed by atoms with E-state index in [0.29, 0.717) is 23.6 Å². The summed E-state index contributed by atoms with van der Waals surface area (Å²) in [5.41, 5.74) is 7.70. The summed E-state index contributed by atoms with van der Waals surface area (Å²) < 4.78 is 1.97. The lowest BCUT2D eigenvalue weighted by molar-refractivity contribution is 0.382. The van der Waals surface area contributed by atoms with Crippen LogP contribution < -0.4 is 11.1 Å². The first-order chi connectivity index (χ1) is 9.65. The van der Waals surface area contributed by atoms with Crippen molar-refractivity contribution in [1.82, 2.24) is 14.9 Å². The van der Waals surface area contributed by atoms with Crippen LogP contribution in [0.1, 0.15) is 25.1 Å². The van der Waals surface area contributed by atoms with Gasteiger partial charge in [-0.2, -0.15) is 0 Å². The third-order valence-corrected chi connectivity index (χ3v) is 4.09. The summed E-state index contributed by atoms with van der Waals surface area (Å²) in [6.45, 7) is 0.451. The van der Waals surface area contributed by atoms with E-state index in [0.717, 1.165) is 16.9 Å². The number of aromatic nitrogens is 2. The second kappa shape index (κ2) is 5.32. The van der Waals surface area contributed by atoms with Gasteiger partial charge in [-0.1, -0.05) is 17.7 Å². The van der Waals surface area contributed by atoms with E-state index in [4.69, 9.17) is 17.3 Å². The number of halogens is 1. The van der Waals surface area contributed by atoms with E-state index in [1.165, 1.54) is 19.3 Å². The fraction of sp³-hybridized carbons (Fsp3) is 0.429. The summed E-state index contributed by atoms with van der Waals surface area (Å²) >= 11 is 6.20. The molecule has 0 saturated heterocycles. The van der Waals surface area contributed by atoms with Crippen molar-refractivity contribution in [2.75, 3.05) is 0 Å². The van der Waals surface area contributed by atoms with Crippen molar-refractivity contribution in [2.45, 2.75) is 31.8 Å². The summed E-state index contributed by atoms with van der Waals surface area (Å²) in [6, 6.07) is 6.21. The predicted molar refractivity (Wildman–Crippen MR) is 81.8 cm³/mol. The largest absolute Gasteiger partial charge is 0.370 e. The number of hydrogen-bond acceptors (Lipinski definition) is 2. The summed E-state index contributed by atoms with van der Waals surface area (Å²) in [5, 5.41) is 3.92. The minimum absolute atomic E-state index is 0.451. The van der Waals surface area contributed by atoms with E-state index < -0.39 is 0 Å². The maximum atomic E-state index is 6.20. The third kappa shape index (κ3) is 2.45. The molecule has 6 heteroatoms. The van der Waals surface area contributed by atoms with Crippen LogP contribution in [0.15, 0.2) is 23.2 Å². The molecule has 0 atom stereocenters. The number of benzene rings is 1. The van der Waals surface area contributed by atoms with Gasteiger partial charge in [-0.3, -0.25) is 0 Å². The van der Waals surface area contributed by atoms with E-state index in [1.54, 1.807) is 0 Å². The lowest BCUT2D eigenvalue weighted by atomic mass is 9.93. The highest BCUT2D eigenvalue weighted by Gasteiger charge is 2.17. The number of rotatable bonds is 3. The van der Waals surface area contributed by atoms with Gasteiger partial charge in [-0.25, -0.2) is 9.98 Å². The Bertz CT molecular complexity index is 657. The second-order valence-electron chi connectivity index (χ2n) is 5.17. The average molecular weight is 292 g/mol. The zero-order valence-corrected chi connectivity index (χ0v) is 12.2. The van der Waals surface area contributed by atoms with Crippen LogP contribution in [0.4, 0.5) is 0 Å². The Morgan fingerprint density at radius 3 is 3.00 bits per heavy atom. The maximum absolute atomic E-state index is 6.20. The van der Waals surface area contributed by atoms with E-state index in [1.807, 2.05) is 29.8 Å². The maximum Gasteiger partial charge on any atom is 0.189 e. The van der Waals surface area contributed by atoms with Gasteiger partial charge >= 0.3 is 0 Å². The number of guanidine groups is 1. The van der Waals surface area contributed by atoms with Crippen LogP contribution in [-0.2, 0) is 13.6 Å². The molecular weight excluding hydrogens is 274 g/mol. The van der Waals surface area contributed by atoms with Gasteiger partial charge in [0.15, 0.2) is 5.96 Å². The van der Waals surface area contributed by atoms with Crippen molar-refractivity contribution in [2.24, 2.45) is 17.8 Å². The zero-order chi connectivity index (χ0) is 14.1. The number of para-hydroxylation sites is 1. The van der Waals surface area contributed by atoms with Gasteiger partial charge in [-0.15, -0.1) is 0 Å². The van der Waals surface area contributed by atoms with Crippen LogP contribution in [0.25, 0.3) is 11.0 Å². The Hall–Kier alpha value is -1.75. The molecule has 106 valence electrons. The van der Waals surface area contributed by atoms with Gasteiger partial charge in [0, 0.05) is 13.1 Å². The topological polar surface area (TPSA) is 68.2 Å². The summed E-state index contributed by atoms with van der Waals surface area (Å²) in [7, 11) is 1.95. The van der Waals surface area contributed by atoms with Gasteiger partial charge in [0.25, 0.3) is 0 Å². The molecule has 1 aliphatic rings. The molecule has 0 amide bonds. The fourth-order valence-corrected chi connectivity index (χ4v) is 2.67. The molecule has 0 bridgehead atoms. The van der Waals surface area contributed by atoms with Crippen molar-refractivity contribution in [1.29, 1.82) is 0 Å². The minimum Gasteiger partial charge on any atom is -0.370 e. The molecule has 0 spiro atoms. The molecule has 1 aromatic heterocycles. The number of aryl methyl sites for hydroxylation is 1. The second-order valence-corrected chi connectivity index (χ2v) is 5.58. The molecule has 20 heavy (non-hydrogen) atoms. The average Bonchev–Trinajstić information content (AvgIpc) is 2.70.